The second-order valence-corrected chi connectivity index (χ2v) is 20.6. The van der Waals surface area contributed by atoms with E-state index in [0.717, 1.165) is 23.3 Å². The van der Waals surface area contributed by atoms with Crippen molar-refractivity contribution in [2.24, 2.45) is 0 Å². The molecule has 3 heterocycles. The van der Waals surface area contributed by atoms with Crippen LogP contribution in [-0.4, -0.2) is 177 Å². The molecule has 2 unspecified atom stereocenters. The van der Waals surface area contributed by atoms with Gasteiger partial charge in [0.05, 0.1) is 79.0 Å². The summed E-state index contributed by atoms with van der Waals surface area (Å²) in [5.74, 6) is -1.86. The molecule has 2 saturated heterocycles. The fourth-order valence-corrected chi connectivity index (χ4v) is 10.5. The lowest BCUT2D eigenvalue weighted by Crippen LogP contribution is -2.54. The molecule has 4 aromatic carbocycles. The monoisotopic (exact) mass is 1210 g/mol. The number of methoxy groups -OCH3 is 5. The van der Waals surface area contributed by atoms with Crippen molar-refractivity contribution in [3.63, 3.8) is 0 Å². The molecule has 0 aliphatic carbocycles. The standard InChI is InChI=1S/C63H79N5O19/c1-7-44(42-36-52(79-4)58(81-6)53(37-42)80-5)60(73)67-27-9-8-17-47(67)63(76)87-48(22-19-40-20-23-49(77-2)51(34-40)78-3)41-14-10-15-43(35-41)85-38-55(70)64-25-12-28-82-30-32-84-33-31-83-29-13-26-65-56(71)39-86-50-18-11-16-45-57(50)62(75)68(61(45)74)46-21-24-54(69)66-59(46)72/h10-11,14-16,18,20,23,34-37,44,46-48H,7-9,12-13,17,19,21-22,24-33,38-39H2,1-6H3,(H,64,70)(H,65,71)(H,66,69,72)/t44-,46?,47?,48+/m0/s1. The molecule has 0 saturated carbocycles. The number of nitrogens with zero attached hydrogens (tertiary/aromatic N) is 2. The van der Waals surface area contributed by atoms with Crippen molar-refractivity contribution in [3.05, 3.63) is 101 Å². The van der Waals surface area contributed by atoms with Crippen LogP contribution in [0, 0.1) is 0 Å². The Morgan fingerprint density at radius 2 is 1.29 bits per heavy atom. The number of ether oxygens (including phenoxy) is 11. The van der Waals surface area contributed by atoms with Crippen molar-refractivity contribution in [1.29, 1.82) is 0 Å². The molecular formula is C63H79N5O19. The van der Waals surface area contributed by atoms with Gasteiger partial charge in [0.25, 0.3) is 23.6 Å². The number of nitrogens with one attached hydrogen (secondary N) is 3. The first-order valence-corrected chi connectivity index (χ1v) is 29.2. The molecule has 7 amide bonds. The molecule has 3 aliphatic heterocycles. The number of hydrogen-bond donors (Lipinski definition) is 3. The van der Waals surface area contributed by atoms with Crippen LogP contribution in [0.25, 0.3) is 0 Å². The van der Waals surface area contributed by atoms with Gasteiger partial charge in [-0.2, -0.15) is 0 Å². The summed E-state index contributed by atoms with van der Waals surface area (Å²) in [6.07, 6.45) is 3.54. The van der Waals surface area contributed by atoms with Crippen molar-refractivity contribution in [2.75, 3.05) is 108 Å². The number of likely N-dealkylation sites (tertiary alicyclic amines) is 1. The van der Waals surface area contributed by atoms with Gasteiger partial charge < -0.3 is 67.6 Å². The van der Waals surface area contributed by atoms with Gasteiger partial charge in [-0.3, -0.25) is 43.8 Å². The minimum absolute atomic E-state index is 0.00579. The molecule has 4 atom stereocenters. The summed E-state index contributed by atoms with van der Waals surface area (Å²) in [4.78, 5) is 107. The van der Waals surface area contributed by atoms with E-state index in [0.29, 0.717) is 143 Å². The van der Waals surface area contributed by atoms with Crippen molar-refractivity contribution in [1.82, 2.24) is 25.8 Å². The van der Waals surface area contributed by atoms with Crippen LogP contribution in [-0.2, 0) is 54.1 Å². The highest BCUT2D eigenvalue weighted by molar-refractivity contribution is 6.24. The molecule has 7 rings (SSSR count). The summed E-state index contributed by atoms with van der Waals surface area (Å²) in [6.45, 7) is 4.37. The van der Waals surface area contributed by atoms with Gasteiger partial charge in [-0.05, 0) is 123 Å². The van der Waals surface area contributed by atoms with E-state index in [1.54, 1.807) is 49.5 Å². The van der Waals surface area contributed by atoms with Crippen LogP contribution in [0.1, 0.15) is 114 Å². The van der Waals surface area contributed by atoms with E-state index < -0.39 is 66.2 Å². The number of hydrogen-bond acceptors (Lipinski definition) is 19. The zero-order valence-corrected chi connectivity index (χ0v) is 50.2. The number of aryl methyl sites for hydroxylation is 1. The Morgan fingerprint density at radius 1 is 0.644 bits per heavy atom. The molecule has 0 aromatic heterocycles. The third kappa shape index (κ3) is 17.8. The Kier molecular flexibility index (Phi) is 25.4. The molecule has 24 heteroatoms. The molecule has 0 radical (unpaired) electrons. The van der Waals surface area contributed by atoms with Crippen molar-refractivity contribution in [3.8, 4) is 40.2 Å². The average molecular weight is 1210 g/mol. The zero-order valence-electron chi connectivity index (χ0n) is 50.2. The molecule has 2 fully saturated rings. The summed E-state index contributed by atoms with van der Waals surface area (Å²) in [5, 5.41) is 7.72. The Labute approximate surface area is 506 Å². The van der Waals surface area contributed by atoms with Gasteiger partial charge in [0.15, 0.2) is 36.2 Å². The molecule has 4 aromatic rings. The summed E-state index contributed by atoms with van der Waals surface area (Å²) in [5.41, 5.74) is 2.26. The lowest BCUT2D eigenvalue weighted by Gasteiger charge is -2.37. The number of amides is 7. The van der Waals surface area contributed by atoms with E-state index in [4.69, 9.17) is 52.1 Å². The first kappa shape index (κ1) is 66.1. The number of piperidine rings is 2. The van der Waals surface area contributed by atoms with Gasteiger partial charge in [-0.1, -0.05) is 31.2 Å². The van der Waals surface area contributed by atoms with E-state index in [9.17, 15) is 38.4 Å². The summed E-state index contributed by atoms with van der Waals surface area (Å²) < 4.78 is 62.5. The van der Waals surface area contributed by atoms with Gasteiger partial charge in [0.2, 0.25) is 23.5 Å². The first-order valence-electron chi connectivity index (χ1n) is 29.2. The second-order valence-electron chi connectivity index (χ2n) is 20.6. The Bertz CT molecular complexity index is 3020. The quantitative estimate of drug-likeness (QED) is 0.0294. The highest BCUT2D eigenvalue weighted by Gasteiger charge is 2.46. The van der Waals surface area contributed by atoms with Gasteiger partial charge in [0, 0.05) is 39.3 Å². The molecule has 0 spiro atoms. The smallest absolute Gasteiger partial charge is 0.329 e. The van der Waals surface area contributed by atoms with Crippen molar-refractivity contribution < 1.29 is 90.5 Å². The maximum Gasteiger partial charge on any atom is 0.329 e. The number of imide groups is 2. The highest BCUT2D eigenvalue weighted by Crippen LogP contribution is 2.42. The van der Waals surface area contributed by atoms with E-state index in [1.165, 1.54) is 39.5 Å². The van der Waals surface area contributed by atoms with Crippen LogP contribution in [0.5, 0.6) is 40.2 Å². The van der Waals surface area contributed by atoms with Gasteiger partial charge >= 0.3 is 5.97 Å². The average Bonchev–Trinajstić information content (AvgIpc) is 1.71. The number of carbonyl (C=O) groups excluding carboxylic acids is 8. The van der Waals surface area contributed by atoms with Crippen molar-refractivity contribution in [2.45, 2.75) is 95.2 Å². The fraction of sp³-hybridized carbons (Fsp3) is 0.492. The van der Waals surface area contributed by atoms with Crippen molar-refractivity contribution >= 4 is 47.3 Å². The summed E-state index contributed by atoms with van der Waals surface area (Å²) in [7, 11) is 7.69. The lowest BCUT2D eigenvalue weighted by molar-refractivity contribution is -0.162. The zero-order chi connectivity index (χ0) is 62.2. The highest BCUT2D eigenvalue weighted by atomic mass is 16.6. The SMILES string of the molecule is CC[C@H](C(=O)N1CCCCC1C(=O)O[C@H](CCc1ccc(OC)c(OC)c1)c1cccc(OCC(=O)NCCCOCCOCCOCCCNC(=O)COc2cccc3c2C(=O)N(C2CCC(=O)NC2=O)C3=O)c1)c1cc(OC)c(OC)c(OC)c1. The van der Waals surface area contributed by atoms with E-state index in [-0.39, 0.29) is 48.1 Å². The molecule has 470 valence electrons. The predicted octanol–water partition coefficient (Wildman–Crippen LogP) is 5.44. The number of esters is 1. The largest absolute Gasteiger partial charge is 0.493 e. The normalized spacial score (nSPS) is 16.3. The maximum atomic E-state index is 14.5. The van der Waals surface area contributed by atoms with Gasteiger partial charge in [-0.25, -0.2) is 4.79 Å². The Morgan fingerprint density at radius 3 is 1.92 bits per heavy atom. The molecule has 3 aliphatic rings. The van der Waals surface area contributed by atoms with Crippen LogP contribution in [0.4, 0.5) is 0 Å². The van der Waals surface area contributed by atoms with Crippen LogP contribution in [0.15, 0.2) is 72.8 Å². The molecule has 87 heavy (non-hydrogen) atoms. The molecule has 24 nitrogen and oxygen atoms in total. The minimum atomic E-state index is -1.12. The van der Waals surface area contributed by atoms with E-state index in [1.807, 2.05) is 31.2 Å². The van der Waals surface area contributed by atoms with Crippen LogP contribution in [0.2, 0.25) is 0 Å². The third-order valence-electron chi connectivity index (χ3n) is 15.0. The first-order chi connectivity index (χ1) is 42.2. The third-order valence-corrected chi connectivity index (χ3v) is 15.0. The molecular weight excluding hydrogens is 1130 g/mol. The Balaban J connectivity index is 0.788. The summed E-state index contributed by atoms with van der Waals surface area (Å²) >= 11 is 0. The predicted molar refractivity (Wildman–Crippen MR) is 313 cm³/mol. The van der Waals surface area contributed by atoms with Crippen LogP contribution < -0.4 is 49.1 Å². The molecule has 0 bridgehead atoms. The lowest BCUT2D eigenvalue weighted by atomic mass is 9.91. The molecule has 3 N–H and O–H groups in total. The number of carbonyl (C=O) groups is 8. The number of fused-ring (bicyclic) bond motifs is 1. The van der Waals surface area contributed by atoms with Crippen LogP contribution in [0.3, 0.4) is 0 Å². The number of rotatable bonds is 35. The minimum Gasteiger partial charge on any atom is -0.493 e. The van der Waals surface area contributed by atoms with E-state index in [2.05, 4.69) is 16.0 Å². The van der Waals surface area contributed by atoms with Crippen LogP contribution >= 0.6 is 0 Å². The van der Waals surface area contributed by atoms with Gasteiger partial charge in [0.1, 0.15) is 29.7 Å². The van der Waals surface area contributed by atoms with E-state index >= 15 is 0 Å². The maximum absolute atomic E-state index is 14.5. The topological polar surface area (TPSA) is 281 Å². The summed E-state index contributed by atoms with van der Waals surface area (Å²) in [6, 6.07) is 18.7. The fourth-order valence-electron chi connectivity index (χ4n) is 10.5. The Hall–Kier alpha value is -8.48. The number of benzene rings is 4. The second kappa shape index (κ2) is 33.4. The van der Waals surface area contributed by atoms with Gasteiger partial charge in [-0.15, -0.1) is 0 Å².